The molecule has 0 saturated carbocycles. The van der Waals surface area contributed by atoms with E-state index in [1.807, 2.05) is 0 Å². The first-order valence-corrected chi connectivity index (χ1v) is 4.75. The summed E-state index contributed by atoms with van der Waals surface area (Å²) in [7, 11) is 0. The smallest absolute Gasteiger partial charge is 0.0201 e. The van der Waals surface area contributed by atoms with E-state index >= 15 is 0 Å². The van der Waals surface area contributed by atoms with E-state index in [0.717, 1.165) is 12.8 Å². The third-order valence-electron chi connectivity index (χ3n) is 2.84. The van der Waals surface area contributed by atoms with Gasteiger partial charge in [0.2, 0.25) is 0 Å². The van der Waals surface area contributed by atoms with Crippen molar-refractivity contribution in [2.45, 2.75) is 12.8 Å². The topological polar surface area (TPSA) is 0 Å². The summed E-state index contributed by atoms with van der Waals surface area (Å²) < 4.78 is 0. The van der Waals surface area contributed by atoms with E-state index in [0.29, 0.717) is 0 Å². The van der Waals surface area contributed by atoms with E-state index in [9.17, 15) is 0 Å². The van der Waals surface area contributed by atoms with Gasteiger partial charge in [0.25, 0.3) is 0 Å². The summed E-state index contributed by atoms with van der Waals surface area (Å²) >= 11 is 0. The molecule has 0 bridgehead atoms. The van der Waals surface area contributed by atoms with Crippen LogP contribution >= 0.6 is 0 Å². The van der Waals surface area contributed by atoms with E-state index in [-0.39, 0.29) is 0 Å². The first-order chi connectivity index (χ1) is 6.43. The van der Waals surface area contributed by atoms with Crippen molar-refractivity contribution in [1.29, 1.82) is 0 Å². The van der Waals surface area contributed by atoms with Crippen LogP contribution in [0.3, 0.4) is 0 Å². The van der Waals surface area contributed by atoms with Gasteiger partial charge in [0.1, 0.15) is 0 Å². The summed E-state index contributed by atoms with van der Waals surface area (Å²) in [6, 6.07) is 8.67. The van der Waals surface area contributed by atoms with Crippen molar-refractivity contribution in [3.8, 4) is 0 Å². The number of benzene rings is 1. The standard InChI is InChI=1S/C13H11/c1-2-5-11-9-13-7-3-6-12(13)8-10(11)4-1/h1-6,8H,7,9H2. The van der Waals surface area contributed by atoms with Crippen molar-refractivity contribution in [2.75, 3.05) is 0 Å². The van der Waals surface area contributed by atoms with Crippen molar-refractivity contribution < 1.29 is 0 Å². The highest BCUT2D eigenvalue weighted by molar-refractivity contribution is 5.54. The summed E-state index contributed by atoms with van der Waals surface area (Å²) in [6.07, 6.45) is 9.10. The normalized spacial score (nSPS) is 18.8. The average Bonchev–Trinajstić information content (AvgIpc) is 2.61. The summed E-state index contributed by atoms with van der Waals surface area (Å²) in [6.45, 7) is 0. The van der Waals surface area contributed by atoms with E-state index in [4.69, 9.17) is 0 Å². The lowest BCUT2D eigenvalue weighted by atomic mass is 9.87. The minimum Gasteiger partial charge on any atom is -0.0801 e. The van der Waals surface area contributed by atoms with Crippen molar-refractivity contribution in [3.05, 3.63) is 65.1 Å². The Balaban J connectivity index is 2.07. The molecule has 0 nitrogen and oxygen atoms in total. The Hall–Kier alpha value is -1.30. The summed E-state index contributed by atoms with van der Waals surface area (Å²) in [5.74, 6) is 0. The van der Waals surface area contributed by atoms with E-state index in [2.05, 4.69) is 42.8 Å². The largest absolute Gasteiger partial charge is 0.0801 e. The van der Waals surface area contributed by atoms with Gasteiger partial charge in [0.15, 0.2) is 0 Å². The monoisotopic (exact) mass is 167 g/mol. The summed E-state index contributed by atoms with van der Waals surface area (Å²) in [5.41, 5.74) is 5.90. The van der Waals surface area contributed by atoms with E-state index < -0.39 is 0 Å². The van der Waals surface area contributed by atoms with Crippen molar-refractivity contribution in [3.63, 3.8) is 0 Å². The molecule has 0 saturated heterocycles. The van der Waals surface area contributed by atoms with Crippen LogP contribution in [0.4, 0.5) is 0 Å². The number of hydrogen-bond acceptors (Lipinski definition) is 0. The molecule has 0 unspecified atom stereocenters. The minimum absolute atomic E-state index is 1.15. The fourth-order valence-electron chi connectivity index (χ4n) is 2.12. The van der Waals surface area contributed by atoms with Crippen LogP contribution in [-0.2, 0) is 6.42 Å². The summed E-state index contributed by atoms with van der Waals surface area (Å²) in [4.78, 5) is 0. The van der Waals surface area contributed by atoms with Crippen LogP contribution in [0.15, 0.2) is 47.6 Å². The predicted octanol–water partition coefficient (Wildman–Crippen LogP) is 3.05. The van der Waals surface area contributed by atoms with Crippen molar-refractivity contribution >= 4 is 0 Å². The zero-order valence-electron chi connectivity index (χ0n) is 7.46. The molecule has 0 fully saturated rings. The molecule has 0 N–H and O–H groups in total. The van der Waals surface area contributed by atoms with Gasteiger partial charge in [0, 0.05) is 6.42 Å². The molecule has 3 rings (SSSR count). The van der Waals surface area contributed by atoms with Crippen molar-refractivity contribution in [1.82, 2.24) is 0 Å². The molecule has 2 aliphatic rings. The van der Waals surface area contributed by atoms with Crippen molar-refractivity contribution in [2.24, 2.45) is 0 Å². The molecule has 63 valence electrons. The lowest BCUT2D eigenvalue weighted by Crippen LogP contribution is -2.03. The Morgan fingerprint density at radius 3 is 3.00 bits per heavy atom. The molecule has 0 amide bonds. The third-order valence-corrected chi connectivity index (χ3v) is 2.84. The molecule has 1 aromatic carbocycles. The first-order valence-electron chi connectivity index (χ1n) is 4.75. The Labute approximate surface area is 78.6 Å². The van der Waals surface area contributed by atoms with Gasteiger partial charge in [-0.05, 0) is 29.5 Å². The van der Waals surface area contributed by atoms with Crippen LogP contribution in [0.5, 0.6) is 0 Å². The zero-order chi connectivity index (χ0) is 8.67. The number of fused-ring (bicyclic) bond motifs is 1. The fraction of sp³-hybridized carbons (Fsp3) is 0.154. The van der Waals surface area contributed by atoms with Gasteiger partial charge < -0.3 is 0 Å². The van der Waals surface area contributed by atoms with Gasteiger partial charge in [-0.3, -0.25) is 0 Å². The Kier molecular flexibility index (Phi) is 1.42. The number of rotatable bonds is 0. The van der Waals surface area contributed by atoms with Gasteiger partial charge in [-0.25, -0.2) is 0 Å². The second kappa shape index (κ2) is 2.59. The SMILES string of the molecule is [CH]1C2=C(CC=C2)Cc2ccccc21. The molecular weight excluding hydrogens is 156 g/mol. The minimum atomic E-state index is 1.15. The quantitative estimate of drug-likeness (QED) is 0.557. The molecule has 13 heavy (non-hydrogen) atoms. The Morgan fingerprint density at radius 2 is 2.00 bits per heavy atom. The predicted molar refractivity (Wildman–Crippen MR) is 54.3 cm³/mol. The Bertz CT molecular complexity index is 408. The molecule has 0 aliphatic heterocycles. The highest BCUT2D eigenvalue weighted by Gasteiger charge is 2.17. The molecule has 1 aromatic rings. The van der Waals surface area contributed by atoms with E-state index in [1.165, 1.54) is 16.7 Å². The molecule has 2 aliphatic carbocycles. The van der Waals surface area contributed by atoms with Gasteiger partial charge in [-0.1, -0.05) is 42.0 Å². The maximum Gasteiger partial charge on any atom is 0.0201 e. The van der Waals surface area contributed by atoms with Gasteiger partial charge in [-0.15, -0.1) is 0 Å². The van der Waals surface area contributed by atoms with Crippen LogP contribution in [0.2, 0.25) is 0 Å². The second-order valence-electron chi connectivity index (χ2n) is 3.69. The molecule has 0 heteroatoms. The van der Waals surface area contributed by atoms with Crippen LogP contribution in [0, 0.1) is 6.42 Å². The van der Waals surface area contributed by atoms with Gasteiger partial charge in [0.05, 0.1) is 0 Å². The highest BCUT2D eigenvalue weighted by Crippen LogP contribution is 2.33. The molecule has 0 spiro atoms. The number of allylic oxidation sites excluding steroid dienone is 4. The fourth-order valence-corrected chi connectivity index (χ4v) is 2.12. The van der Waals surface area contributed by atoms with Crippen LogP contribution < -0.4 is 0 Å². The second-order valence-corrected chi connectivity index (χ2v) is 3.69. The first kappa shape index (κ1) is 7.14. The maximum atomic E-state index is 2.30. The molecule has 0 atom stereocenters. The molecular formula is C13H11. The molecule has 1 radical (unpaired) electrons. The maximum absolute atomic E-state index is 2.30. The highest BCUT2D eigenvalue weighted by atomic mass is 14.2. The van der Waals surface area contributed by atoms with Crippen LogP contribution in [-0.4, -0.2) is 0 Å². The van der Waals surface area contributed by atoms with Crippen LogP contribution in [0.25, 0.3) is 0 Å². The van der Waals surface area contributed by atoms with E-state index in [1.54, 1.807) is 5.57 Å². The van der Waals surface area contributed by atoms with Gasteiger partial charge >= 0.3 is 0 Å². The van der Waals surface area contributed by atoms with Crippen LogP contribution in [0.1, 0.15) is 17.5 Å². The Morgan fingerprint density at radius 1 is 1.08 bits per heavy atom. The average molecular weight is 167 g/mol. The lowest BCUT2D eigenvalue weighted by molar-refractivity contribution is 1.03. The van der Waals surface area contributed by atoms with Gasteiger partial charge in [-0.2, -0.15) is 0 Å². The lowest BCUT2D eigenvalue weighted by Gasteiger charge is -2.17. The third kappa shape index (κ3) is 1.06. The molecule has 0 heterocycles. The zero-order valence-corrected chi connectivity index (χ0v) is 7.46. The molecule has 0 aromatic heterocycles. The summed E-state index contributed by atoms with van der Waals surface area (Å²) in [5, 5.41) is 0. The number of hydrogen-bond donors (Lipinski definition) is 0.